The predicted molar refractivity (Wildman–Crippen MR) is 130 cm³/mol. The number of hydrogen-bond donors (Lipinski definition) is 3. The van der Waals surface area contributed by atoms with Crippen LogP contribution in [0.2, 0.25) is 0 Å². The molecule has 0 bridgehead atoms. The first-order chi connectivity index (χ1) is 15.4. The number of hydrogen-bond acceptors (Lipinski definition) is 5. The number of nitrogens with one attached hydrogen (secondary N) is 3. The highest BCUT2D eigenvalue weighted by molar-refractivity contribution is 5.08. The minimum absolute atomic E-state index is 0.171. The normalized spacial score (nSPS) is 48.0. The molecule has 5 aliphatic rings. The molecule has 0 spiro atoms. The fourth-order valence-corrected chi connectivity index (χ4v) is 8.49. The Labute approximate surface area is 196 Å². The molecule has 0 aromatic heterocycles. The van der Waals surface area contributed by atoms with Gasteiger partial charge in [0.1, 0.15) is 0 Å². The van der Waals surface area contributed by atoms with Crippen molar-refractivity contribution in [2.45, 2.75) is 103 Å². The SMILES string of the molecule is CC1CCC(C2CCC3NCC4C(C3C2)C(C2CCC(C(C)(C)C#N)CC2)NN4C)CN1. The van der Waals surface area contributed by atoms with E-state index in [1.165, 1.54) is 64.3 Å². The van der Waals surface area contributed by atoms with Crippen LogP contribution in [0.5, 0.6) is 0 Å². The summed E-state index contributed by atoms with van der Waals surface area (Å²) < 4.78 is 0. The fraction of sp³-hybridized carbons (Fsp3) is 0.963. The van der Waals surface area contributed by atoms with Gasteiger partial charge in [0.05, 0.1) is 11.5 Å². The van der Waals surface area contributed by atoms with Gasteiger partial charge in [0.2, 0.25) is 0 Å². The number of fused-ring (bicyclic) bond motifs is 3. The van der Waals surface area contributed by atoms with E-state index in [1.54, 1.807) is 0 Å². The summed E-state index contributed by atoms with van der Waals surface area (Å²) in [5.41, 5.74) is 3.81. The molecule has 32 heavy (non-hydrogen) atoms. The Morgan fingerprint density at radius 2 is 1.59 bits per heavy atom. The third-order valence-corrected chi connectivity index (χ3v) is 10.7. The number of hydrazine groups is 1. The molecule has 5 nitrogen and oxygen atoms in total. The smallest absolute Gasteiger partial charge is 0.0686 e. The first kappa shape index (κ1) is 23.1. The molecule has 0 radical (unpaired) electrons. The van der Waals surface area contributed by atoms with E-state index in [-0.39, 0.29) is 5.41 Å². The van der Waals surface area contributed by atoms with E-state index in [4.69, 9.17) is 0 Å². The van der Waals surface area contributed by atoms with E-state index in [0.717, 1.165) is 42.2 Å². The van der Waals surface area contributed by atoms with Crippen molar-refractivity contribution in [1.29, 1.82) is 5.26 Å². The summed E-state index contributed by atoms with van der Waals surface area (Å²) >= 11 is 0. The molecule has 2 aliphatic carbocycles. The maximum absolute atomic E-state index is 9.61. The number of nitriles is 1. The Kier molecular flexibility index (Phi) is 6.62. The number of nitrogens with zero attached hydrogens (tertiary/aromatic N) is 2. The molecule has 0 aromatic carbocycles. The van der Waals surface area contributed by atoms with Gasteiger partial charge in [-0.15, -0.1) is 0 Å². The van der Waals surface area contributed by atoms with Gasteiger partial charge in [-0.05, 0) is 121 Å². The molecule has 5 rings (SSSR count). The average Bonchev–Trinajstić information content (AvgIpc) is 3.16. The molecular formula is C27H47N5. The lowest BCUT2D eigenvalue weighted by molar-refractivity contribution is 0.0373. The van der Waals surface area contributed by atoms with Gasteiger partial charge < -0.3 is 10.6 Å². The highest BCUT2D eigenvalue weighted by atomic mass is 15.6. The van der Waals surface area contributed by atoms with Crippen LogP contribution < -0.4 is 16.1 Å². The van der Waals surface area contributed by atoms with Crippen LogP contribution in [0.4, 0.5) is 0 Å². The monoisotopic (exact) mass is 441 g/mol. The van der Waals surface area contributed by atoms with Crippen molar-refractivity contribution in [3.8, 4) is 6.07 Å². The average molecular weight is 442 g/mol. The summed E-state index contributed by atoms with van der Waals surface area (Å²) in [7, 11) is 2.29. The zero-order chi connectivity index (χ0) is 22.5. The summed E-state index contributed by atoms with van der Waals surface area (Å²) in [6, 6.07) is 5.30. The zero-order valence-electron chi connectivity index (χ0n) is 20.9. The number of piperidine rings is 2. The fourth-order valence-electron chi connectivity index (χ4n) is 8.49. The molecule has 3 saturated heterocycles. The van der Waals surface area contributed by atoms with Gasteiger partial charge in [-0.25, -0.2) is 5.01 Å². The Morgan fingerprint density at radius 1 is 0.875 bits per heavy atom. The van der Waals surface area contributed by atoms with Gasteiger partial charge >= 0.3 is 0 Å². The highest BCUT2D eigenvalue weighted by Crippen LogP contribution is 2.49. The van der Waals surface area contributed by atoms with Crippen LogP contribution in [-0.2, 0) is 0 Å². The Balaban J connectivity index is 1.28. The van der Waals surface area contributed by atoms with Gasteiger partial charge in [-0.2, -0.15) is 5.26 Å². The maximum Gasteiger partial charge on any atom is 0.0686 e. The van der Waals surface area contributed by atoms with Crippen LogP contribution in [0.1, 0.15) is 78.6 Å². The van der Waals surface area contributed by atoms with Crippen LogP contribution in [-0.4, -0.2) is 49.3 Å². The predicted octanol–water partition coefficient (Wildman–Crippen LogP) is 3.92. The summed E-state index contributed by atoms with van der Waals surface area (Å²) in [5.74, 6) is 4.75. The van der Waals surface area contributed by atoms with Crippen LogP contribution >= 0.6 is 0 Å². The standard InChI is InChI=1S/C27H47N5/c1-17-5-6-20(14-29-17)19-9-12-23-22(13-19)25-24(15-30-23)32(4)31-26(25)18-7-10-21(11-8-18)27(2,3)16-28/h17-26,29-31H,5-15H2,1-4H3. The first-order valence-corrected chi connectivity index (χ1v) is 13.7. The van der Waals surface area contributed by atoms with E-state index in [0.29, 0.717) is 24.0 Å². The molecule has 5 fully saturated rings. The first-order valence-electron chi connectivity index (χ1n) is 13.7. The minimum Gasteiger partial charge on any atom is -0.314 e. The molecule has 0 amide bonds. The molecule has 3 N–H and O–H groups in total. The van der Waals surface area contributed by atoms with E-state index < -0.39 is 0 Å². The zero-order valence-corrected chi connectivity index (χ0v) is 20.9. The molecule has 8 unspecified atom stereocenters. The Morgan fingerprint density at radius 3 is 2.28 bits per heavy atom. The van der Waals surface area contributed by atoms with Gasteiger partial charge in [-0.1, -0.05) is 0 Å². The van der Waals surface area contributed by atoms with Crippen molar-refractivity contribution in [2.75, 3.05) is 20.1 Å². The summed E-state index contributed by atoms with van der Waals surface area (Å²) in [4.78, 5) is 0. The summed E-state index contributed by atoms with van der Waals surface area (Å²) in [5, 5.41) is 19.8. The topological polar surface area (TPSA) is 63.1 Å². The van der Waals surface area contributed by atoms with E-state index >= 15 is 0 Å². The second kappa shape index (κ2) is 9.17. The molecule has 3 aliphatic heterocycles. The van der Waals surface area contributed by atoms with E-state index in [1.807, 2.05) is 0 Å². The van der Waals surface area contributed by atoms with E-state index in [2.05, 4.69) is 55.0 Å². The second-order valence-corrected chi connectivity index (χ2v) is 12.8. The second-order valence-electron chi connectivity index (χ2n) is 12.8. The van der Waals surface area contributed by atoms with Crippen LogP contribution in [0.3, 0.4) is 0 Å². The highest BCUT2D eigenvalue weighted by Gasteiger charge is 2.53. The minimum atomic E-state index is -0.171. The molecule has 2 saturated carbocycles. The Bertz CT molecular complexity index is 685. The Hall–Kier alpha value is -0.670. The van der Waals surface area contributed by atoms with Crippen molar-refractivity contribution >= 4 is 0 Å². The van der Waals surface area contributed by atoms with Crippen LogP contribution in [0.15, 0.2) is 0 Å². The van der Waals surface area contributed by atoms with Gasteiger partial charge in [-0.3, -0.25) is 5.43 Å². The third-order valence-electron chi connectivity index (χ3n) is 10.7. The largest absolute Gasteiger partial charge is 0.314 e. The summed E-state index contributed by atoms with van der Waals surface area (Å²) in [6.45, 7) is 9.03. The molecule has 180 valence electrons. The van der Waals surface area contributed by atoms with Crippen LogP contribution in [0.25, 0.3) is 0 Å². The lowest BCUT2D eigenvalue weighted by Crippen LogP contribution is -2.59. The molecule has 8 atom stereocenters. The molecule has 5 heteroatoms. The quantitative estimate of drug-likeness (QED) is 0.620. The lowest BCUT2D eigenvalue weighted by Gasteiger charge is -2.50. The van der Waals surface area contributed by atoms with Crippen molar-refractivity contribution < 1.29 is 0 Å². The number of likely N-dealkylation sites (N-methyl/N-ethyl adjacent to an activating group) is 1. The van der Waals surface area contributed by atoms with Crippen molar-refractivity contribution in [3.05, 3.63) is 0 Å². The van der Waals surface area contributed by atoms with Crippen LogP contribution in [0, 0.1) is 52.3 Å². The lowest BCUT2D eigenvalue weighted by atomic mass is 9.60. The molecular weight excluding hydrogens is 394 g/mol. The summed E-state index contributed by atoms with van der Waals surface area (Å²) in [6.07, 6.45) is 12.1. The maximum atomic E-state index is 9.61. The molecule has 3 heterocycles. The van der Waals surface area contributed by atoms with Gasteiger partial charge in [0.15, 0.2) is 0 Å². The van der Waals surface area contributed by atoms with E-state index in [9.17, 15) is 5.26 Å². The van der Waals surface area contributed by atoms with Gasteiger partial charge in [0.25, 0.3) is 0 Å². The van der Waals surface area contributed by atoms with Crippen molar-refractivity contribution in [2.24, 2.45) is 40.9 Å². The number of rotatable bonds is 3. The molecule has 0 aromatic rings. The van der Waals surface area contributed by atoms with Gasteiger partial charge in [0, 0.05) is 37.8 Å². The van der Waals surface area contributed by atoms with Crippen molar-refractivity contribution in [3.63, 3.8) is 0 Å². The third kappa shape index (κ3) is 4.26. The van der Waals surface area contributed by atoms with Crippen molar-refractivity contribution in [1.82, 2.24) is 21.1 Å².